The van der Waals surface area contributed by atoms with Gasteiger partial charge in [0.25, 0.3) is 11.8 Å². The third-order valence-electron chi connectivity index (χ3n) is 3.92. The molecule has 0 saturated carbocycles. The molecule has 0 atom stereocenters. The Labute approximate surface area is 161 Å². The average molecular weight is 386 g/mol. The highest BCUT2D eigenvalue weighted by Gasteiger charge is 2.08. The molecule has 0 aliphatic heterocycles. The van der Waals surface area contributed by atoms with Crippen molar-refractivity contribution in [1.82, 2.24) is 15.6 Å². The first-order valence-corrected chi connectivity index (χ1v) is 9.00. The molecule has 0 spiro atoms. The first-order chi connectivity index (χ1) is 13.1. The smallest absolute Gasteiger partial charge is 0.267 e. The summed E-state index contributed by atoms with van der Waals surface area (Å²) in [4.78, 5) is 27.0. The van der Waals surface area contributed by atoms with Crippen LogP contribution in [0.25, 0.3) is 10.9 Å². The number of para-hydroxylation sites is 1. The molecule has 0 aliphatic rings. The van der Waals surface area contributed by atoms with Crippen molar-refractivity contribution in [2.75, 3.05) is 19.7 Å². The molecule has 6 nitrogen and oxygen atoms in total. The summed E-state index contributed by atoms with van der Waals surface area (Å²) in [6.45, 7) is 0.853. The highest BCUT2D eigenvalue weighted by Crippen LogP contribution is 2.15. The summed E-state index contributed by atoms with van der Waals surface area (Å²) in [5, 5.41) is 7.19. The van der Waals surface area contributed by atoms with Gasteiger partial charge in [-0.25, -0.2) is 0 Å². The number of aromatic amines is 1. The normalized spacial score (nSPS) is 10.6. The predicted molar refractivity (Wildman–Crippen MR) is 105 cm³/mol. The molecule has 1 heterocycles. The van der Waals surface area contributed by atoms with Crippen LogP contribution in [-0.4, -0.2) is 36.5 Å². The minimum absolute atomic E-state index is 0.0664. The molecule has 7 heteroatoms. The number of nitrogens with one attached hydrogen (secondary N) is 3. The van der Waals surface area contributed by atoms with Crippen LogP contribution in [0.3, 0.4) is 0 Å². The van der Waals surface area contributed by atoms with Gasteiger partial charge in [0.15, 0.2) is 6.61 Å². The van der Waals surface area contributed by atoms with E-state index >= 15 is 0 Å². The molecule has 140 valence electrons. The van der Waals surface area contributed by atoms with Crippen LogP contribution in [0.1, 0.15) is 16.9 Å². The topological polar surface area (TPSA) is 83.2 Å². The fraction of sp³-hybridized carbons (Fsp3) is 0.200. The number of halogens is 1. The van der Waals surface area contributed by atoms with E-state index in [2.05, 4.69) is 15.6 Å². The van der Waals surface area contributed by atoms with Crippen LogP contribution >= 0.6 is 11.6 Å². The Balaban J connectivity index is 1.32. The first-order valence-electron chi connectivity index (χ1n) is 8.63. The largest absolute Gasteiger partial charge is 0.484 e. The molecule has 0 saturated heterocycles. The van der Waals surface area contributed by atoms with Crippen LogP contribution in [0.4, 0.5) is 0 Å². The Morgan fingerprint density at radius 2 is 1.74 bits per heavy atom. The number of carbonyl (C=O) groups is 2. The molecule has 2 aromatic carbocycles. The van der Waals surface area contributed by atoms with Crippen molar-refractivity contribution >= 4 is 34.3 Å². The van der Waals surface area contributed by atoms with Crippen molar-refractivity contribution in [3.8, 4) is 5.75 Å². The van der Waals surface area contributed by atoms with E-state index in [0.29, 0.717) is 36.0 Å². The lowest BCUT2D eigenvalue weighted by Crippen LogP contribution is -2.32. The summed E-state index contributed by atoms with van der Waals surface area (Å²) in [7, 11) is 0. The molecule has 27 heavy (non-hydrogen) atoms. The second kappa shape index (κ2) is 9.09. The predicted octanol–water partition coefficient (Wildman–Crippen LogP) is 3.14. The van der Waals surface area contributed by atoms with E-state index in [1.54, 1.807) is 24.3 Å². The highest BCUT2D eigenvalue weighted by atomic mass is 35.5. The van der Waals surface area contributed by atoms with Gasteiger partial charge >= 0.3 is 0 Å². The molecule has 0 radical (unpaired) electrons. The maximum absolute atomic E-state index is 12.1. The Morgan fingerprint density at radius 3 is 2.52 bits per heavy atom. The van der Waals surface area contributed by atoms with Gasteiger partial charge in [0.1, 0.15) is 11.4 Å². The van der Waals surface area contributed by atoms with Gasteiger partial charge in [-0.15, -0.1) is 0 Å². The van der Waals surface area contributed by atoms with E-state index in [-0.39, 0.29) is 18.4 Å². The van der Waals surface area contributed by atoms with Gasteiger partial charge in [-0.1, -0.05) is 29.8 Å². The number of hydrogen-bond acceptors (Lipinski definition) is 3. The number of H-pyrrole nitrogens is 1. The number of hydrogen-bond donors (Lipinski definition) is 3. The van der Waals surface area contributed by atoms with Gasteiger partial charge in [-0.2, -0.15) is 0 Å². The number of carbonyl (C=O) groups excluding carboxylic acids is 2. The Kier molecular flexibility index (Phi) is 6.33. The van der Waals surface area contributed by atoms with E-state index in [1.807, 2.05) is 30.3 Å². The number of amides is 2. The minimum atomic E-state index is -0.216. The monoisotopic (exact) mass is 385 g/mol. The molecular formula is C20H20ClN3O3. The minimum Gasteiger partial charge on any atom is -0.484 e. The maximum Gasteiger partial charge on any atom is 0.267 e. The van der Waals surface area contributed by atoms with Crippen LogP contribution in [0.5, 0.6) is 5.75 Å². The van der Waals surface area contributed by atoms with E-state index < -0.39 is 0 Å². The lowest BCUT2D eigenvalue weighted by atomic mass is 10.2. The molecule has 3 rings (SSSR count). The SMILES string of the molecule is O=C(COc1ccc(Cl)cc1)NCCCNC(=O)c1cc2ccccc2[nH]1. The fourth-order valence-electron chi connectivity index (χ4n) is 2.54. The van der Waals surface area contributed by atoms with Gasteiger partial charge in [0.2, 0.25) is 0 Å². The van der Waals surface area contributed by atoms with E-state index in [9.17, 15) is 9.59 Å². The summed E-state index contributed by atoms with van der Waals surface area (Å²) < 4.78 is 5.36. The molecule has 2 amide bonds. The zero-order valence-corrected chi connectivity index (χ0v) is 15.4. The molecule has 3 N–H and O–H groups in total. The second-order valence-electron chi connectivity index (χ2n) is 5.97. The van der Waals surface area contributed by atoms with Gasteiger partial charge in [0, 0.05) is 29.0 Å². The van der Waals surface area contributed by atoms with Crippen LogP contribution < -0.4 is 15.4 Å². The summed E-state index contributed by atoms with van der Waals surface area (Å²) in [5.41, 5.74) is 1.45. The standard InChI is InChI=1S/C20H20ClN3O3/c21-15-6-8-16(9-7-15)27-13-19(25)22-10-3-11-23-20(26)18-12-14-4-1-2-5-17(14)24-18/h1-2,4-9,12,24H,3,10-11,13H2,(H,22,25)(H,23,26). The molecule has 0 aliphatic carbocycles. The van der Waals surface area contributed by atoms with Gasteiger partial charge in [0.05, 0.1) is 0 Å². The number of fused-ring (bicyclic) bond motifs is 1. The van der Waals surface area contributed by atoms with Crippen LogP contribution in [0.15, 0.2) is 54.6 Å². The van der Waals surface area contributed by atoms with Crippen LogP contribution in [0, 0.1) is 0 Å². The average Bonchev–Trinajstić information content (AvgIpc) is 3.11. The summed E-state index contributed by atoms with van der Waals surface area (Å²) >= 11 is 5.79. The van der Waals surface area contributed by atoms with E-state index in [1.165, 1.54) is 0 Å². The summed E-state index contributed by atoms with van der Waals surface area (Å²) in [6, 6.07) is 16.3. The van der Waals surface area contributed by atoms with Crippen LogP contribution in [0.2, 0.25) is 5.02 Å². The van der Waals surface area contributed by atoms with Crippen molar-refractivity contribution in [1.29, 1.82) is 0 Å². The zero-order valence-electron chi connectivity index (χ0n) is 14.6. The summed E-state index contributed by atoms with van der Waals surface area (Å²) in [5.74, 6) is 0.204. The quantitative estimate of drug-likeness (QED) is 0.521. The van der Waals surface area contributed by atoms with E-state index in [4.69, 9.17) is 16.3 Å². The Morgan fingerprint density at radius 1 is 1.00 bits per heavy atom. The lowest BCUT2D eigenvalue weighted by molar-refractivity contribution is -0.123. The molecule has 1 aromatic heterocycles. The van der Waals surface area contributed by atoms with Crippen LogP contribution in [-0.2, 0) is 4.79 Å². The van der Waals surface area contributed by atoms with Crippen molar-refractivity contribution in [3.63, 3.8) is 0 Å². The third kappa shape index (κ3) is 5.49. The first kappa shape index (κ1) is 18.8. The lowest BCUT2D eigenvalue weighted by Gasteiger charge is -2.08. The van der Waals surface area contributed by atoms with Gasteiger partial charge in [-0.3, -0.25) is 9.59 Å². The van der Waals surface area contributed by atoms with Crippen molar-refractivity contribution in [2.45, 2.75) is 6.42 Å². The van der Waals surface area contributed by atoms with Crippen molar-refractivity contribution in [3.05, 3.63) is 65.3 Å². The highest BCUT2D eigenvalue weighted by molar-refractivity contribution is 6.30. The van der Waals surface area contributed by atoms with Gasteiger partial charge in [-0.05, 0) is 42.8 Å². The zero-order chi connectivity index (χ0) is 19.1. The second-order valence-corrected chi connectivity index (χ2v) is 6.41. The number of ether oxygens (including phenoxy) is 1. The number of rotatable bonds is 8. The van der Waals surface area contributed by atoms with Crippen molar-refractivity contribution in [2.24, 2.45) is 0 Å². The van der Waals surface area contributed by atoms with E-state index in [0.717, 1.165) is 10.9 Å². The molecule has 3 aromatic rings. The van der Waals surface area contributed by atoms with Crippen molar-refractivity contribution < 1.29 is 14.3 Å². The Bertz CT molecular complexity index is 889. The molecule has 0 unspecified atom stereocenters. The van der Waals surface area contributed by atoms with Gasteiger partial charge < -0.3 is 20.4 Å². The number of aromatic nitrogens is 1. The Hall–Kier alpha value is -2.99. The molecular weight excluding hydrogens is 366 g/mol. The maximum atomic E-state index is 12.1. The number of benzene rings is 2. The summed E-state index contributed by atoms with van der Waals surface area (Å²) in [6.07, 6.45) is 0.624. The fourth-order valence-corrected chi connectivity index (χ4v) is 2.67. The molecule has 0 fully saturated rings. The third-order valence-corrected chi connectivity index (χ3v) is 4.17. The molecule has 0 bridgehead atoms.